The molecule has 0 bridgehead atoms. The highest BCUT2D eigenvalue weighted by atomic mass is 16.3. The van der Waals surface area contributed by atoms with E-state index < -0.39 is 5.54 Å². The minimum Gasteiger partial charge on any atom is -0.465 e. The first-order valence-electron chi connectivity index (χ1n) is 9.42. The zero-order valence-electron chi connectivity index (χ0n) is 17.6. The molecule has 0 unspecified atom stereocenters. The second-order valence-corrected chi connectivity index (χ2v) is 8.92. The summed E-state index contributed by atoms with van der Waals surface area (Å²) in [7, 11) is 0. The van der Waals surface area contributed by atoms with Crippen LogP contribution in [0.5, 0.6) is 0 Å². The Balaban J connectivity index is 2.26. The van der Waals surface area contributed by atoms with Crippen molar-refractivity contribution in [1.29, 1.82) is 0 Å². The number of carbonyl (C=O) groups excluding carboxylic acids is 2. The lowest BCUT2D eigenvalue weighted by atomic mass is 9.82. The van der Waals surface area contributed by atoms with Crippen LogP contribution in [0.25, 0.3) is 6.08 Å². The maximum atomic E-state index is 13.0. The number of hydrogen-bond donors (Lipinski definition) is 2. The van der Waals surface area contributed by atoms with Gasteiger partial charge in [0.1, 0.15) is 11.5 Å². The zero-order chi connectivity index (χ0) is 20.9. The van der Waals surface area contributed by atoms with E-state index in [-0.39, 0.29) is 22.9 Å². The summed E-state index contributed by atoms with van der Waals surface area (Å²) >= 11 is 0. The Labute approximate surface area is 167 Å². The van der Waals surface area contributed by atoms with E-state index in [1.165, 1.54) is 6.26 Å². The van der Waals surface area contributed by atoms with Crippen LogP contribution in [0, 0.1) is 12.3 Å². The number of benzene rings is 1. The zero-order valence-corrected chi connectivity index (χ0v) is 17.6. The van der Waals surface area contributed by atoms with Gasteiger partial charge in [-0.15, -0.1) is 0 Å². The third-order valence-electron chi connectivity index (χ3n) is 4.14. The molecule has 2 aromatic rings. The van der Waals surface area contributed by atoms with E-state index in [0.29, 0.717) is 11.3 Å². The average Bonchev–Trinajstić information content (AvgIpc) is 3.04. The van der Waals surface area contributed by atoms with Crippen LogP contribution >= 0.6 is 0 Å². The summed E-state index contributed by atoms with van der Waals surface area (Å²) in [5.74, 6) is -0.198. The molecule has 0 saturated heterocycles. The summed E-state index contributed by atoms with van der Waals surface area (Å²) in [6.07, 6.45) is 3.85. The molecule has 5 heteroatoms. The number of carbonyl (C=O) groups is 2. The minimum absolute atomic E-state index is 0.0477. The highest BCUT2D eigenvalue weighted by Crippen LogP contribution is 2.27. The lowest BCUT2D eigenvalue weighted by Gasteiger charge is -2.33. The van der Waals surface area contributed by atoms with E-state index in [4.69, 9.17) is 4.42 Å². The van der Waals surface area contributed by atoms with Gasteiger partial charge in [-0.1, -0.05) is 39.0 Å². The van der Waals surface area contributed by atoms with Gasteiger partial charge >= 0.3 is 0 Å². The quantitative estimate of drug-likeness (QED) is 0.712. The van der Waals surface area contributed by atoms with Gasteiger partial charge in [0.25, 0.3) is 11.8 Å². The van der Waals surface area contributed by atoms with E-state index in [1.807, 2.05) is 32.9 Å². The van der Waals surface area contributed by atoms with Crippen LogP contribution in [-0.4, -0.2) is 17.4 Å². The van der Waals surface area contributed by atoms with Crippen LogP contribution in [0.4, 0.5) is 0 Å². The normalized spacial score (nSPS) is 12.6. The largest absolute Gasteiger partial charge is 0.465 e. The van der Waals surface area contributed by atoms with Gasteiger partial charge in [-0.05, 0) is 56.4 Å². The second kappa shape index (κ2) is 8.46. The van der Waals surface area contributed by atoms with E-state index in [2.05, 4.69) is 31.4 Å². The van der Waals surface area contributed by atoms with Crippen molar-refractivity contribution in [2.45, 2.75) is 53.5 Å². The average molecular weight is 383 g/mol. The molecule has 1 aromatic carbocycles. The number of rotatable bonds is 6. The molecule has 2 amide bonds. The molecule has 2 rings (SSSR count). The lowest BCUT2D eigenvalue weighted by Crippen LogP contribution is -2.48. The van der Waals surface area contributed by atoms with Crippen LogP contribution in [0.2, 0.25) is 0 Å². The van der Waals surface area contributed by atoms with Crippen molar-refractivity contribution >= 4 is 17.9 Å². The fourth-order valence-electron chi connectivity index (χ4n) is 3.44. The predicted octanol–water partition coefficient (Wildman–Crippen LogP) is 4.69. The van der Waals surface area contributed by atoms with Crippen LogP contribution in [0.1, 0.15) is 62.7 Å². The van der Waals surface area contributed by atoms with Crippen LogP contribution in [-0.2, 0) is 4.79 Å². The number of hydrogen-bond acceptors (Lipinski definition) is 3. The molecular weight excluding hydrogens is 352 g/mol. The molecular formula is C23H30N2O3. The smallest absolute Gasteiger partial charge is 0.268 e. The molecule has 28 heavy (non-hydrogen) atoms. The van der Waals surface area contributed by atoms with Gasteiger partial charge in [0.15, 0.2) is 0 Å². The Morgan fingerprint density at radius 1 is 1.04 bits per heavy atom. The van der Waals surface area contributed by atoms with Crippen molar-refractivity contribution < 1.29 is 14.0 Å². The van der Waals surface area contributed by atoms with E-state index in [0.717, 1.165) is 12.0 Å². The maximum absolute atomic E-state index is 13.0. The number of aryl methyl sites for hydroxylation is 1. The molecule has 0 saturated carbocycles. The molecule has 0 fully saturated rings. The molecule has 5 nitrogen and oxygen atoms in total. The summed E-state index contributed by atoms with van der Waals surface area (Å²) < 4.78 is 5.33. The topological polar surface area (TPSA) is 71.3 Å². The summed E-state index contributed by atoms with van der Waals surface area (Å²) in [6.45, 7) is 12.2. The van der Waals surface area contributed by atoms with Crippen molar-refractivity contribution in [2.24, 2.45) is 5.41 Å². The fourth-order valence-corrected chi connectivity index (χ4v) is 3.44. The Hall–Kier alpha value is -2.82. The Morgan fingerprint density at radius 3 is 2.29 bits per heavy atom. The molecule has 0 aliphatic rings. The summed E-state index contributed by atoms with van der Waals surface area (Å²) in [5, 5.41) is 5.78. The Bertz CT molecular complexity index is 856. The van der Waals surface area contributed by atoms with E-state index in [1.54, 1.807) is 30.3 Å². The van der Waals surface area contributed by atoms with Crippen molar-refractivity contribution in [2.75, 3.05) is 0 Å². The van der Waals surface area contributed by atoms with Gasteiger partial charge in [-0.25, -0.2) is 0 Å². The first-order chi connectivity index (χ1) is 13.0. The third kappa shape index (κ3) is 6.41. The highest BCUT2D eigenvalue weighted by Gasteiger charge is 2.28. The van der Waals surface area contributed by atoms with Crippen LogP contribution < -0.4 is 10.6 Å². The van der Waals surface area contributed by atoms with Gasteiger partial charge in [-0.2, -0.15) is 0 Å². The van der Waals surface area contributed by atoms with Crippen LogP contribution in [0.15, 0.2) is 52.8 Å². The monoisotopic (exact) mass is 382 g/mol. The first-order valence-corrected chi connectivity index (χ1v) is 9.42. The molecule has 0 atom stereocenters. The van der Waals surface area contributed by atoms with Crippen molar-refractivity contribution in [3.8, 4) is 0 Å². The number of furan rings is 1. The SMILES string of the molecule is Cc1ccccc1C(=O)N/C(=C\c1ccco1)C(=O)NC(C)(C)CC(C)(C)C. The highest BCUT2D eigenvalue weighted by molar-refractivity contribution is 6.05. The van der Waals surface area contributed by atoms with Gasteiger partial charge in [0.05, 0.1) is 6.26 Å². The van der Waals surface area contributed by atoms with Gasteiger partial charge in [0.2, 0.25) is 0 Å². The maximum Gasteiger partial charge on any atom is 0.268 e. The molecule has 0 spiro atoms. The van der Waals surface area contributed by atoms with E-state index >= 15 is 0 Å². The summed E-state index contributed by atoms with van der Waals surface area (Å²) in [5.41, 5.74) is 1.11. The second-order valence-electron chi connectivity index (χ2n) is 8.92. The van der Waals surface area contributed by atoms with E-state index in [9.17, 15) is 9.59 Å². The Morgan fingerprint density at radius 2 is 1.71 bits per heavy atom. The van der Waals surface area contributed by atoms with Crippen molar-refractivity contribution in [3.63, 3.8) is 0 Å². The molecule has 0 aliphatic carbocycles. The Kier molecular flexibility index (Phi) is 6.49. The predicted molar refractivity (Wildman–Crippen MR) is 112 cm³/mol. The van der Waals surface area contributed by atoms with Gasteiger partial charge < -0.3 is 15.1 Å². The minimum atomic E-state index is -0.440. The molecule has 1 aromatic heterocycles. The molecule has 0 radical (unpaired) electrons. The number of nitrogens with one attached hydrogen (secondary N) is 2. The summed E-state index contributed by atoms with van der Waals surface area (Å²) in [6, 6.07) is 10.7. The molecule has 2 N–H and O–H groups in total. The van der Waals surface area contributed by atoms with Crippen molar-refractivity contribution in [3.05, 3.63) is 65.2 Å². The number of amides is 2. The first kappa shape index (κ1) is 21.5. The standard InChI is InChI=1S/C23H30N2O3/c1-16-10-7-8-12-18(16)20(26)24-19(14-17-11-9-13-28-17)21(27)25-23(5,6)15-22(2,3)4/h7-14H,15H2,1-6H3,(H,24,26)(H,25,27)/b19-14-. The van der Waals surface area contributed by atoms with Crippen molar-refractivity contribution in [1.82, 2.24) is 10.6 Å². The fraction of sp³-hybridized carbons (Fsp3) is 0.391. The molecule has 1 heterocycles. The van der Waals surface area contributed by atoms with Gasteiger partial charge in [-0.3, -0.25) is 9.59 Å². The molecule has 0 aliphatic heterocycles. The third-order valence-corrected chi connectivity index (χ3v) is 4.14. The molecule has 150 valence electrons. The summed E-state index contributed by atoms with van der Waals surface area (Å²) in [4.78, 5) is 25.7. The lowest BCUT2D eigenvalue weighted by molar-refractivity contribution is -0.119. The van der Waals surface area contributed by atoms with Gasteiger partial charge in [0, 0.05) is 17.2 Å². The van der Waals surface area contributed by atoms with Crippen LogP contribution in [0.3, 0.4) is 0 Å².